The summed E-state index contributed by atoms with van der Waals surface area (Å²) in [7, 11) is 0. The summed E-state index contributed by atoms with van der Waals surface area (Å²) < 4.78 is 0. The Labute approximate surface area is 120 Å². The van der Waals surface area contributed by atoms with Crippen molar-refractivity contribution in [3.63, 3.8) is 0 Å². The van der Waals surface area contributed by atoms with E-state index in [-0.39, 0.29) is 12.1 Å². The van der Waals surface area contributed by atoms with Gasteiger partial charge in [-0.25, -0.2) is 9.59 Å². The molecule has 1 aromatic rings. The Bertz CT molecular complexity index is 489. The number of rotatable bonds is 3. The van der Waals surface area contributed by atoms with E-state index in [4.69, 9.17) is 5.11 Å². The third-order valence-electron chi connectivity index (χ3n) is 2.96. The van der Waals surface area contributed by atoms with Gasteiger partial charge in [-0.15, -0.1) is 23.1 Å². The maximum absolute atomic E-state index is 12.1. The van der Waals surface area contributed by atoms with Gasteiger partial charge in [-0.2, -0.15) is 0 Å². The predicted octanol–water partition coefficient (Wildman–Crippen LogP) is 2.29. The summed E-state index contributed by atoms with van der Waals surface area (Å²) in [5.41, 5.74) is 0. The Hall–Kier alpha value is -1.21. The number of nitrogens with one attached hydrogen (secondary N) is 1. The number of nitrogens with zero attached hydrogens (tertiary/aromatic N) is 1. The summed E-state index contributed by atoms with van der Waals surface area (Å²) in [5.74, 6) is -0.0615. The van der Waals surface area contributed by atoms with Crippen LogP contribution in [0.2, 0.25) is 0 Å². The molecule has 19 heavy (non-hydrogen) atoms. The quantitative estimate of drug-likeness (QED) is 0.898. The fraction of sp³-hybridized carbons (Fsp3) is 0.500. The van der Waals surface area contributed by atoms with Crippen molar-refractivity contribution in [1.29, 1.82) is 0 Å². The molecule has 2 atom stereocenters. The first-order valence-corrected chi connectivity index (χ1v) is 7.90. The first-order chi connectivity index (χ1) is 8.99. The third-order valence-corrected chi connectivity index (χ3v) is 5.15. The van der Waals surface area contributed by atoms with Crippen LogP contribution in [0.3, 0.4) is 0 Å². The van der Waals surface area contributed by atoms with E-state index in [1.54, 1.807) is 11.3 Å². The monoisotopic (exact) mass is 300 g/mol. The average Bonchev–Trinajstić information content (AvgIpc) is 2.96. The smallest absolute Gasteiger partial charge is 0.327 e. The van der Waals surface area contributed by atoms with Crippen LogP contribution in [0.15, 0.2) is 12.1 Å². The zero-order chi connectivity index (χ0) is 14.0. The number of amides is 2. The van der Waals surface area contributed by atoms with E-state index in [1.807, 2.05) is 26.0 Å². The number of carboxylic acid groups (broad SMARTS) is 1. The van der Waals surface area contributed by atoms with Gasteiger partial charge in [0.2, 0.25) is 0 Å². The molecule has 0 spiro atoms. The normalized spacial score (nSPS) is 20.3. The van der Waals surface area contributed by atoms with Crippen LogP contribution in [0.1, 0.15) is 22.7 Å². The molecule has 1 unspecified atom stereocenters. The van der Waals surface area contributed by atoms with Crippen molar-refractivity contribution in [3.05, 3.63) is 21.9 Å². The summed E-state index contributed by atoms with van der Waals surface area (Å²) >= 11 is 3.09. The van der Waals surface area contributed by atoms with Gasteiger partial charge in [-0.1, -0.05) is 0 Å². The van der Waals surface area contributed by atoms with E-state index in [2.05, 4.69) is 5.32 Å². The lowest BCUT2D eigenvalue weighted by Gasteiger charge is -2.23. The van der Waals surface area contributed by atoms with Crippen molar-refractivity contribution in [2.75, 3.05) is 11.6 Å². The highest BCUT2D eigenvalue weighted by molar-refractivity contribution is 7.99. The van der Waals surface area contributed by atoms with E-state index >= 15 is 0 Å². The lowest BCUT2D eigenvalue weighted by atomic mass is 10.2. The Morgan fingerprint density at radius 3 is 2.84 bits per heavy atom. The van der Waals surface area contributed by atoms with E-state index < -0.39 is 12.0 Å². The first kappa shape index (κ1) is 14.2. The molecule has 0 radical (unpaired) electrons. The molecule has 0 bridgehead atoms. The number of urea groups is 1. The van der Waals surface area contributed by atoms with E-state index in [0.29, 0.717) is 11.6 Å². The summed E-state index contributed by atoms with van der Waals surface area (Å²) in [4.78, 5) is 26.8. The van der Waals surface area contributed by atoms with Gasteiger partial charge in [-0.3, -0.25) is 0 Å². The molecule has 1 fully saturated rings. The second-order valence-electron chi connectivity index (χ2n) is 4.44. The number of carbonyl (C=O) groups is 2. The molecule has 0 aromatic carbocycles. The predicted molar refractivity (Wildman–Crippen MR) is 76.6 cm³/mol. The van der Waals surface area contributed by atoms with Crippen molar-refractivity contribution < 1.29 is 14.7 Å². The molecule has 1 aromatic heterocycles. The van der Waals surface area contributed by atoms with Crippen molar-refractivity contribution >= 4 is 35.1 Å². The standard InChI is InChI=1S/C12H16N2O3S2/c1-7-3-4-10(19-7)8(2)13-12(17)14-6-18-5-9(14)11(15)16/h3-4,8-9H,5-6H2,1-2H3,(H,13,17)(H,15,16)/t8?,9-/m1/s1. The minimum absolute atomic E-state index is 0.105. The number of thioether (sulfide) groups is 1. The number of aryl methyl sites for hydroxylation is 1. The topological polar surface area (TPSA) is 69.6 Å². The minimum atomic E-state index is -0.945. The number of hydrogen-bond donors (Lipinski definition) is 2. The summed E-state index contributed by atoms with van der Waals surface area (Å²) in [6, 6.07) is 2.86. The van der Waals surface area contributed by atoms with Crippen molar-refractivity contribution in [3.8, 4) is 0 Å². The Morgan fingerprint density at radius 2 is 2.26 bits per heavy atom. The van der Waals surface area contributed by atoms with Gasteiger partial charge >= 0.3 is 12.0 Å². The Morgan fingerprint density at radius 1 is 1.53 bits per heavy atom. The van der Waals surface area contributed by atoms with E-state index in [0.717, 1.165) is 4.88 Å². The van der Waals surface area contributed by atoms with Gasteiger partial charge in [0, 0.05) is 15.5 Å². The third kappa shape index (κ3) is 3.22. The van der Waals surface area contributed by atoms with Gasteiger partial charge in [0.15, 0.2) is 0 Å². The molecule has 104 valence electrons. The Kier molecular flexibility index (Phi) is 4.36. The van der Waals surface area contributed by atoms with E-state index in [9.17, 15) is 9.59 Å². The summed E-state index contributed by atoms with van der Waals surface area (Å²) in [5, 5.41) is 11.9. The molecule has 1 aliphatic heterocycles. The van der Waals surface area contributed by atoms with Crippen LogP contribution >= 0.6 is 23.1 Å². The number of thiophene rings is 1. The molecule has 1 saturated heterocycles. The molecule has 5 nitrogen and oxygen atoms in total. The van der Waals surface area contributed by atoms with Crippen LogP contribution in [0.4, 0.5) is 4.79 Å². The fourth-order valence-corrected chi connectivity index (χ4v) is 3.90. The van der Waals surface area contributed by atoms with Crippen molar-refractivity contribution in [2.24, 2.45) is 0 Å². The van der Waals surface area contributed by atoms with Crippen molar-refractivity contribution in [2.45, 2.75) is 25.9 Å². The SMILES string of the molecule is Cc1ccc(C(C)NC(=O)N2CSC[C@@H]2C(=O)O)s1. The van der Waals surface area contributed by atoms with Crippen LogP contribution in [-0.4, -0.2) is 39.7 Å². The van der Waals surface area contributed by atoms with Crippen LogP contribution in [0, 0.1) is 6.92 Å². The number of carboxylic acids is 1. The molecule has 2 N–H and O–H groups in total. The van der Waals surface area contributed by atoms with Crippen LogP contribution < -0.4 is 5.32 Å². The molecular formula is C12H16N2O3S2. The molecule has 0 aliphatic carbocycles. The largest absolute Gasteiger partial charge is 0.480 e. The lowest BCUT2D eigenvalue weighted by molar-refractivity contribution is -0.140. The highest BCUT2D eigenvalue weighted by Crippen LogP contribution is 2.24. The zero-order valence-corrected chi connectivity index (χ0v) is 12.4. The molecule has 2 rings (SSSR count). The maximum Gasteiger partial charge on any atom is 0.327 e. The maximum atomic E-state index is 12.1. The van der Waals surface area contributed by atoms with Crippen LogP contribution in [0.25, 0.3) is 0 Å². The number of hydrogen-bond acceptors (Lipinski definition) is 4. The van der Waals surface area contributed by atoms with Gasteiger partial charge in [0.05, 0.1) is 11.9 Å². The Balaban J connectivity index is 1.99. The summed E-state index contributed by atoms with van der Waals surface area (Å²) in [6.07, 6.45) is 0. The average molecular weight is 300 g/mol. The molecule has 2 amide bonds. The second kappa shape index (κ2) is 5.83. The van der Waals surface area contributed by atoms with Crippen LogP contribution in [0.5, 0.6) is 0 Å². The van der Waals surface area contributed by atoms with Gasteiger partial charge in [-0.05, 0) is 26.0 Å². The van der Waals surface area contributed by atoms with Crippen molar-refractivity contribution in [1.82, 2.24) is 10.2 Å². The molecule has 1 aliphatic rings. The molecule has 0 saturated carbocycles. The van der Waals surface area contributed by atoms with Gasteiger partial charge in [0.1, 0.15) is 6.04 Å². The zero-order valence-electron chi connectivity index (χ0n) is 10.8. The lowest BCUT2D eigenvalue weighted by Crippen LogP contribution is -2.47. The second-order valence-corrected chi connectivity index (χ2v) is 6.76. The molecular weight excluding hydrogens is 284 g/mol. The van der Waals surface area contributed by atoms with Crippen LogP contribution in [-0.2, 0) is 4.79 Å². The molecule has 7 heteroatoms. The fourth-order valence-electron chi connectivity index (χ4n) is 1.87. The highest BCUT2D eigenvalue weighted by atomic mass is 32.2. The highest BCUT2D eigenvalue weighted by Gasteiger charge is 2.35. The number of aliphatic carboxylic acids is 1. The van der Waals surface area contributed by atoms with E-state index in [1.165, 1.54) is 21.5 Å². The first-order valence-electron chi connectivity index (χ1n) is 5.93. The van der Waals surface area contributed by atoms with Gasteiger partial charge in [0.25, 0.3) is 0 Å². The minimum Gasteiger partial charge on any atom is -0.480 e. The molecule has 2 heterocycles. The summed E-state index contributed by atoms with van der Waals surface area (Å²) in [6.45, 7) is 3.92. The number of carbonyl (C=O) groups excluding carboxylic acids is 1. The van der Waals surface area contributed by atoms with Gasteiger partial charge < -0.3 is 15.3 Å².